The summed E-state index contributed by atoms with van der Waals surface area (Å²) >= 11 is 5.93. The molecule has 128 valence electrons. The molecule has 1 aliphatic heterocycles. The van der Waals surface area contributed by atoms with E-state index < -0.39 is 6.10 Å². The summed E-state index contributed by atoms with van der Waals surface area (Å²) in [4.78, 5) is 12.2. The van der Waals surface area contributed by atoms with E-state index in [-0.39, 0.29) is 5.91 Å². The average Bonchev–Trinajstić information content (AvgIpc) is 3.14. The van der Waals surface area contributed by atoms with E-state index in [1.807, 2.05) is 13.0 Å². The van der Waals surface area contributed by atoms with Gasteiger partial charge in [-0.15, -0.1) is 10.2 Å². The van der Waals surface area contributed by atoms with Gasteiger partial charge in [-0.05, 0) is 44.0 Å². The second-order valence-corrected chi connectivity index (χ2v) is 6.44. The number of hydrogen-bond acceptors (Lipinski definition) is 4. The fourth-order valence-electron chi connectivity index (χ4n) is 2.83. The molecule has 0 fully saturated rings. The molecule has 24 heavy (non-hydrogen) atoms. The van der Waals surface area contributed by atoms with Crippen molar-refractivity contribution in [3.8, 4) is 5.75 Å². The van der Waals surface area contributed by atoms with Crippen molar-refractivity contribution in [1.29, 1.82) is 0 Å². The minimum Gasteiger partial charge on any atom is -0.481 e. The number of carbonyl (C=O) groups excluding carboxylic acids is 1. The van der Waals surface area contributed by atoms with Crippen molar-refractivity contribution >= 4 is 17.5 Å². The van der Waals surface area contributed by atoms with Crippen LogP contribution in [0.2, 0.25) is 5.02 Å². The van der Waals surface area contributed by atoms with E-state index >= 15 is 0 Å². The normalized spacial score (nSPS) is 14.3. The maximum absolute atomic E-state index is 12.2. The fourth-order valence-corrected chi connectivity index (χ4v) is 3.05. The maximum atomic E-state index is 12.2. The molecule has 2 heterocycles. The van der Waals surface area contributed by atoms with Gasteiger partial charge >= 0.3 is 0 Å². The van der Waals surface area contributed by atoms with Crippen LogP contribution in [0.25, 0.3) is 0 Å². The molecule has 2 aromatic rings. The van der Waals surface area contributed by atoms with Gasteiger partial charge in [0.05, 0.1) is 0 Å². The number of rotatable bonds is 6. The molecule has 0 radical (unpaired) electrons. The molecule has 1 N–H and O–H groups in total. The second kappa shape index (κ2) is 7.21. The molecule has 0 aliphatic carbocycles. The first kappa shape index (κ1) is 16.8. The van der Waals surface area contributed by atoms with E-state index in [4.69, 9.17) is 16.3 Å². The van der Waals surface area contributed by atoms with Crippen LogP contribution in [0, 0.1) is 6.92 Å². The summed E-state index contributed by atoms with van der Waals surface area (Å²) in [6.07, 6.45) is 2.21. The summed E-state index contributed by atoms with van der Waals surface area (Å²) in [7, 11) is 0. The molecule has 1 aliphatic rings. The highest BCUT2D eigenvalue weighted by molar-refractivity contribution is 6.30. The monoisotopic (exact) mass is 348 g/mol. The molecule has 7 heteroatoms. The van der Waals surface area contributed by atoms with Crippen LogP contribution in [0.15, 0.2) is 18.2 Å². The van der Waals surface area contributed by atoms with Gasteiger partial charge in [-0.1, -0.05) is 11.6 Å². The number of fused-ring (bicyclic) bond motifs is 1. The zero-order valence-electron chi connectivity index (χ0n) is 13.9. The molecule has 0 spiro atoms. The number of nitrogens with one attached hydrogen (secondary N) is 1. The standard InChI is InChI=1S/C17H21ClN4O2/c1-11-10-13(18)5-6-14(11)24-12(2)17(23)19-8-7-16-21-20-15-4-3-9-22(15)16/h5-6,10,12H,3-4,7-9H2,1-2H3,(H,19,23). The SMILES string of the molecule is Cc1cc(Cl)ccc1OC(C)C(=O)NCCc1nnc2n1CCC2. The highest BCUT2D eigenvalue weighted by atomic mass is 35.5. The van der Waals surface area contributed by atoms with Crippen LogP contribution >= 0.6 is 11.6 Å². The van der Waals surface area contributed by atoms with Crippen LogP contribution in [0.3, 0.4) is 0 Å². The number of amides is 1. The number of nitrogens with zero attached hydrogens (tertiary/aromatic N) is 3. The average molecular weight is 349 g/mol. The third kappa shape index (κ3) is 3.70. The molecule has 6 nitrogen and oxygen atoms in total. The Hall–Kier alpha value is -2.08. The number of aryl methyl sites for hydroxylation is 2. The van der Waals surface area contributed by atoms with Gasteiger partial charge in [0.15, 0.2) is 6.10 Å². The first-order valence-corrected chi connectivity index (χ1v) is 8.54. The lowest BCUT2D eigenvalue weighted by Gasteiger charge is -2.16. The zero-order valence-corrected chi connectivity index (χ0v) is 14.6. The Morgan fingerprint density at radius 3 is 3.08 bits per heavy atom. The summed E-state index contributed by atoms with van der Waals surface area (Å²) in [6, 6.07) is 5.34. The lowest BCUT2D eigenvalue weighted by molar-refractivity contribution is -0.127. The van der Waals surface area contributed by atoms with E-state index in [2.05, 4.69) is 20.1 Å². The Bertz CT molecular complexity index is 744. The van der Waals surface area contributed by atoms with Crippen molar-refractivity contribution < 1.29 is 9.53 Å². The number of aromatic nitrogens is 3. The molecule has 3 rings (SSSR count). The predicted molar refractivity (Wildman–Crippen MR) is 91.3 cm³/mol. The number of ether oxygens (including phenoxy) is 1. The lowest BCUT2D eigenvalue weighted by Crippen LogP contribution is -2.37. The first-order valence-electron chi connectivity index (χ1n) is 8.16. The molecule has 1 aromatic carbocycles. The molecule has 1 atom stereocenters. The van der Waals surface area contributed by atoms with Crippen LogP contribution in [-0.4, -0.2) is 33.3 Å². The summed E-state index contributed by atoms with van der Waals surface area (Å²) in [5.74, 6) is 2.50. The second-order valence-electron chi connectivity index (χ2n) is 6.00. The third-order valence-electron chi connectivity index (χ3n) is 4.14. The highest BCUT2D eigenvalue weighted by Gasteiger charge is 2.18. The van der Waals surface area contributed by atoms with Crippen molar-refractivity contribution in [3.05, 3.63) is 40.4 Å². The number of benzene rings is 1. The van der Waals surface area contributed by atoms with Crippen LogP contribution in [0.1, 0.15) is 30.6 Å². The Balaban J connectivity index is 1.49. The van der Waals surface area contributed by atoms with Gasteiger partial charge in [-0.3, -0.25) is 4.79 Å². The number of hydrogen-bond donors (Lipinski definition) is 1. The molecule has 1 amide bonds. The molecular formula is C17H21ClN4O2. The van der Waals surface area contributed by atoms with Crippen LogP contribution in [0.5, 0.6) is 5.75 Å². The summed E-state index contributed by atoms with van der Waals surface area (Å²) in [6.45, 7) is 5.13. The van der Waals surface area contributed by atoms with Crippen molar-refractivity contribution in [3.63, 3.8) is 0 Å². The Morgan fingerprint density at radius 1 is 1.46 bits per heavy atom. The van der Waals surface area contributed by atoms with E-state index in [0.717, 1.165) is 36.6 Å². The molecule has 0 saturated heterocycles. The van der Waals surface area contributed by atoms with E-state index in [0.29, 0.717) is 23.7 Å². The Kier molecular flexibility index (Phi) is 5.04. The van der Waals surface area contributed by atoms with Crippen molar-refractivity contribution in [2.24, 2.45) is 0 Å². The van der Waals surface area contributed by atoms with E-state index in [9.17, 15) is 4.79 Å². The fraction of sp³-hybridized carbons (Fsp3) is 0.471. The van der Waals surface area contributed by atoms with Gasteiger partial charge in [-0.25, -0.2) is 0 Å². The molecule has 0 bridgehead atoms. The summed E-state index contributed by atoms with van der Waals surface area (Å²) < 4.78 is 7.86. The van der Waals surface area contributed by atoms with Crippen LogP contribution in [-0.2, 0) is 24.2 Å². The van der Waals surface area contributed by atoms with Crippen molar-refractivity contribution in [2.45, 2.75) is 45.8 Å². The molecule has 1 aromatic heterocycles. The topological polar surface area (TPSA) is 69.0 Å². The summed E-state index contributed by atoms with van der Waals surface area (Å²) in [5, 5.41) is 11.9. The Labute approximate surface area is 146 Å². The molecular weight excluding hydrogens is 328 g/mol. The quantitative estimate of drug-likeness (QED) is 0.869. The van der Waals surface area contributed by atoms with Gasteiger partial charge in [-0.2, -0.15) is 0 Å². The van der Waals surface area contributed by atoms with Gasteiger partial charge in [0, 0.05) is 31.0 Å². The van der Waals surface area contributed by atoms with E-state index in [1.54, 1.807) is 19.1 Å². The third-order valence-corrected chi connectivity index (χ3v) is 4.38. The lowest BCUT2D eigenvalue weighted by atomic mass is 10.2. The largest absolute Gasteiger partial charge is 0.481 e. The van der Waals surface area contributed by atoms with Gasteiger partial charge < -0.3 is 14.6 Å². The van der Waals surface area contributed by atoms with Crippen molar-refractivity contribution in [2.75, 3.05) is 6.54 Å². The van der Waals surface area contributed by atoms with Crippen LogP contribution < -0.4 is 10.1 Å². The minimum atomic E-state index is -0.575. The van der Waals surface area contributed by atoms with Gasteiger partial charge in [0.1, 0.15) is 17.4 Å². The maximum Gasteiger partial charge on any atom is 0.260 e. The summed E-state index contributed by atoms with van der Waals surface area (Å²) in [5.41, 5.74) is 0.904. The van der Waals surface area contributed by atoms with Gasteiger partial charge in [0.2, 0.25) is 0 Å². The highest BCUT2D eigenvalue weighted by Crippen LogP contribution is 2.22. The van der Waals surface area contributed by atoms with Crippen molar-refractivity contribution in [1.82, 2.24) is 20.1 Å². The predicted octanol–water partition coefficient (Wildman–Crippen LogP) is 2.31. The number of carbonyl (C=O) groups is 1. The smallest absolute Gasteiger partial charge is 0.260 e. The Morgan fingerprint density at radius 2 is 2.29 bits per heavy atom. The molecule has 0 saturated carbocycles. The van der Waals surface area contributed by atoms with Crippen LogP contribution in [0.4, 0.5) is 0 Å². The number of halogens is 1. The van der Waals surface area contributed by atoms with Gasteiger partial charge in [0.25, 0.3) is 5.91 Å². The van der Waals surface area contributed by atoms with E-state index in [1.165, 1.54) is 0 Å². The minimum absolute atomic E-state index is 0.148. The zero-order chi connectivity index (χ0) is 17.1. The first-order chi connectivity index (χ1) is 11.5. The molecule has 1 unspecified atom stereocenters.